The fourth-order valence-electron chi connectivity index (χ4n) is 2.69. The molecule has 1 amide bonds. The predicted molar refractivity (Wildman–Crippen MR) is 74.9 cm³/mol. The number of Topliss-reactive ketones (excluding diaryl/α,β-unsaturated/α-hetero) is 1. The van der Waals surface area contributed by atoms with Gasteiger partial charge in [0.2, 0.25) is 5.91 Å². The molecule has 5 heteroatoms. The summed E-state index contributed by atoms with van der Waals surface area (Å²) in [7, 11) is 0. The Morgan fingerprint density at radius 3 is 2.57 bits per heavy atom. The minimum Gasteiger partial charge on any atom is -0.335 e. The maximum Gasteiger partial charge on any atom is 0.222 e. The Labute approximate surface area is 122 Å². The second-order valence-corrected chi connectivity index (χ2v) is 5.44. The lowest BCUT2D eigenvalue weighted by molar-refractivity contribution is -0.130. The van der Waals surface area contributed by atoms with Crippen LogP contribution < -0.4 is 0 Å². The van der Waals surface area contributed by atoms with Crippen LogP contribution in [-0.2, 0) is 4.79 Å². The zero-order valence-corrected chi connectivity index (χ0v) is 12.1. The van der Waals surface area contributed by atoms with Gasteiger partial charge >= 0.3 is 0 Å². The number of hydrogen-bond donors (Lipinski definition) is 0. The van der Waals surface area contributed by atoms with Gasteiger partial charge in [-0.05, 0) is 30.9 Å². The van der Waals surface area contributed by atoms with E-state index in [0.29, 0.717) is 18.9 Å². The van der Waals surface area contributed by atoms with E-state index in [-0.39, 0.29) is 12.5 Å². The van der Waals surface area contributed by atoms with Crippen molar-refractivity contribution in [1.29, 1.82) is 0 Å². The molecule has 1 aliphatic heterocycles. The number of hydrogen-bond acceptors (Lipinski definition) is 2. The zero-order valence-electron chi connectivity index (χ0n) is 12.1. The third-order valence-electron chi connectivity index (χ3n) is 4.08. The monoisotopic (exact) mass is 295 g/mol. The van der Waals surface area contributed by atoms with Gasteiger partial charge in [-0.25, -0.2) is 8.78 Å². The summed E-state index contributed by atoms with van der Waals surface area (Å²) < 4.78 is 27.2. The fraction of sp³-hybridized carbons (Fsp3) is 0.500. The Balaban J connectivity index is 2.10. The number of ketones is 1. The highest BCUT2D eigenvalue weighted by atomic mass is 19.1. The first kappa shape index (κ1) is 15.6. The smallest absolute Gasteiger partial charge is 0.222 e. The van der Waals surface area contributed by atoms with Gasteiger partial charge < -0.3 is 4.90 Å². The normalized spacial score (nSPS) is 19.5. The van der Waals surface area contributed by atoms with Crippen molar-refractivity contribution in [2.24, 2.45) is 5.92 Å². The summed E-state index contributed by atoms with van der Waals surface area (Å²) >= 11 is 0. The molecular weight excluding hydrogens is 276 g/mol. The van der Waals surface area contributed by atoms with Crippen LogP contribution in [0, 0.1) is 17.6 Å². The van der Waals surface area contributed by atoms with Crippen molar-refractivity contribution < 1.29 is 18.4 Å². The molecular formula is C16H19F2NO2. The van der Waals surface area contributed by atoms with Crippen molar-refractivity contribution in [3.05, 3.63) is 35.4 Å². The van der Waals surface area contributed by atoms with Crippen LogP contribution in [0.1, 0.15) is 43.0 Å². The molecule has 21 heavy (non-hydrogen) atoms. The van der Waals surface area contributed by atoms with Gasteiger partial charge in [0.25, 0.3) is 0 Å². The van der Waals surface area contributed by atoms with Crippen molar-refractivity contribution in [3.63, 3.8) is 0 Å². The van der Waals surface area contributed by atoms with Crippen molar-refractivity contribution in [1.82, 2.24) is 4.90 Å². The SMILES string of the molecule is CCC1CCC(=O)N(CC(=O)c2c(F)cccc2F)CC1. The molecule has 0 aliphatic carbocycles. The Morgan fingerprint density at radius 1 is 1.29 bits per heavy atom. The summed E-state index contributed by atoms with van der Waals surface area (Å²) in [6.07, 6.45) is 3.03. The summed E-state index contributed by atoms with van der Waals surface area (Å²) in [6.45, 7) is 2.29. The minimum atomic E-state index is -0.881. The molecule has 2 rings (SSSR count). The Morgan fingerprint density at radius 2 is 1.95 bits per heavy atom. The summed E-state index contributed by atoms with van der Waals surface area (Å²) in [4.78, 5) is 25.5. The topological polar surface area (TPSA) is 37.4 Å². The van der Waals surface area contributed by atoms with Crippen LogP contribution >= 0.6 is 0 Å². The molecule has 1 fully saturated rings. The summed E-state index contributed by atoms with van der Waals surface area (Å²) in [5.41, 5.74) is -0.554. The Kier molecular flexibility index (Phi) is 5.04. The van der Waals surface area contributed by atoms with Gasteiger partial charge in [-0.3, -0.25) is 9.59 Å². The first-order valence-electron chi connectivity index (χ1n) is 7.28. The molecule has 1 aromatic rings. The number of amides is 1. The number of carbonyl (C=O) groups is 2. The first-order valence-corrected chi connectivity index (χ1v) is 7.28. The van der Waals surface area contributed by atoms with Gasteiger partial charge in [-0.2, -0.15) is 0 Å². The highest BCUT2D eigenvalue weighted by Gasteiger charge is 2.25. The number of likely N-dealkylation sites (tertiary alicyclic amines) is 1. The van der Waals surface area contributed by atoms with Crippen LogP contribution in [-0.4, -0.2) is 29.7 Å². The van der Waals surface area contributed by atoms with E-state index in [1.165, 1.54) is 11.0 Å². The molecule has 1 aromatic carbocycles. The molecule has 1 unspecified atom stereocenters. The van der Waals surface area contributed by atoms with E-state index in [2.05, 4.69) is 6.92 Å². The lowest BCUT2D eigenvalue weighted by atomic mass is 9.98. The van der Waals surface area contributed by atoms with E-state index >= 15 is 0 Å². The molecule has 0 saturated carbocycles. The van der Waals surface area contributed by atoms with Crippen LogP contribution in [0.2, 0.25) is 0 Å². The van der Waals surface area contributed by atoms with Gasteiger partial charge in [0.1, 0.15) is 11.6 Å². The van der Waals surface area contributed by atoms with Crippen LogP contribution in [0.15, 0.2) is 18.2 Å². The van der Waals surface area contributed by atoms with Gasteiger partial charge in [-0.15, -0.1) is 0 Å². The first-order chi connectivity index (χ1) is 10.0. The van der Waals surface area contributed by atoms with E-state index < -0.39 is 23.0 Å². The second-order valence-electron chi connectivity index (χ2n) is 5.44. The van der Waals surface area contributed by atoms with E-state index in [9.17, 15) is 18.4 Å². The number of benzene rings is 1. The van der Waals surface area contributed by atoms with Crippen molar-refractivity contribution in [2.45, 2.75) is 32.6 Å². The standard InChI is InChI=1S/C16H19F2NO2/c1-2-11-6-7-15(21)19(9-8-11)10-14(20)16-12(17)4-3-5-13(16)18/h3-5,11H,2,6-10H2,1H3. The lowest BCUT2D eigenvalue weighted by Crippen LogP contribution is -2.35. The molecule has 0 radical (unpaired) electrons. The third-order valence-corrected chi connectivity index (χ3v) is 4.08. The molecule has 114 valence electrons. The van der Waals surface area contributed by atoms with Crippen LogP contribution in [0.25, 0.3) is 0 Å². The molecule has 0 aromatic heterocycles. The average molecular weight is 295 g/mol. The van der Waals surface area contributed by atoms with Crippen molar-refractivity contribution in [2.75, 3.05) is 13.1 Å². The van der Waals surface area contributed by atoms with Crippen LogP contribution in [0.4, 0.5) is 8.78 Å². The molecule has 1 saturated heterocycles. The highest BCUT2D eigenvalue weighted by molar-refractivity contribution is 5.99. The van der Waals surface area contributed by atoms with Gasteiger partial charge in [-0.1, -0.05) is 19.4 Å². The maximum absolute atomic E-state index is 13.6. The molecule has 0 bridgehead atoms. The van der Waals surface area contributed by atoms with Crippen LogP contribution in [0.3, 0.4) is 0 Å². The zero-order chi connectivity index (χ0) is 15.4. The van der Waals surface area contributed by atoms with E-state index in [4.69, 9.17) is 0 Å². The molecule has 0 spiro atoms. The maximum atomic E-state index is 13.6. The quantitative estimate of drug-likeness (QED) is 0.800. The third kappa shape index (κ3) is 3.65. The molecule has 0 N–H and O–H groups in total. The average Bonchev–Trinajstić information content (AvgIpc) is 2.61. The summed E-state index contributed by atoms with van der Waals surface area (Å²) in [6, 6.07) is 3.31. The van der Waals surface area contributed by atoms with Gasteiger partial charge in [0.15, 0.2) is 5.78 Å². The number of rotatable bonds is 4. The Hall–Kier alpha value is -1.78. The van der Waals surface area contributed by atoms with Crippen molar-refractivity contribution >= 4 is 11.7 Å². The minimum absolute atomic E-state index is 0.115. The van der Waals surface area contributed by atoms with Crippen LogP contribution in [0.5, 0.6) is 0 Å². The number of halogens is 2. The Bertz CT molecular complexity index is 525. The molecule has 3 nitrogen and oxygen atoms in total. The summed E-state index contributed by atoms with van der Waals surface area (Å²) in [5.74, 6) is -2.09. The second kappa shape index (κ2) is 6.78. The molecule has 1 heterocycles. The summed E-state index contributed by atoms with van der Waals surface area (Å²) in [5, 5.41) is 0. The molecule has 1 aliphatic rings. The van der Waals surface area contributed by atoms with E-state index in [0.717, 1.165) is 31.4 Å². The van der Waals surface area contributed by atoms with Gasteiger partial charge in [0, 0.05) is 13.0 Å². The number of carbonyl (C=O) groups excluding carboxylic acids is 2. The van der Waals surface area contributed by atoms with E-state index in [1.54, 1.807) is 0 Å². The fourth-order valence-corrected chi connectivity index (χ4v) is 2.69. The predicted octanol–water partition coefficient (Wildman–Crippen LogP) is 3.19. The highest BCUT2D eigenvalue weighted by Crippen LogP contribution is 2.21. The lowest BCUT2D eigenvalue weighted by Gasteiger charge is -2.20. The molecule has 1 atom stereocenters. The largest absolute Gasteiger partial charge is 0.335 e. The van der Waals surface area contributed by atoms with Gasteiger partial charge in [0.05, 0.1) is 12.1 Å². The van der Waals surface area contributed by atoms with Crippen molar-refractivity contribution in [3.8, 4) is 0 Å². The van der Waals surface area contributed by atoms with E-state index in [1.807, 2.05) is 0 Å². The number of nitrogens with zero attached hydrogens (tertiary/aromatic N) is 1.